The lowest BCUT2D eigenvalue weighted by molar-refractivity contribution is -0.141. The first-order chi connectivity index (χ1) is 23.6. The van der Waals surface area contributed by atoms with Gasteiger partial charge in [-0.3, -0.25) is 19.7 Å². The molecule has 6 rings (SSSR count). The Morgan fingerprint density at radius 2 is 1.84 bits per heavy atom. The molecule has 0 radical (unpaired) electrons. The Balaban J connectivity index is 1.29. The monoisotopic (exact) mass is 685 g/mol. The number of fused-ring (bicyclic) bond motifs is 1. The fourth-order valence-corrected chi connectivity index (χ4v) is 7.39. The maximum Gasteiger partial charge on any atom is 0.408 e. The number of nitriles is 1. The summed E-state index contributed by atoms with van der Waals surface area (Å²) >= 11 is 1.48. The van der Waals surface area contributed by atoms with Crippen LogP contribution < -0.4 is 20.7 Å². The van der Waals surface area contributed by atoms with Crippen LogP contribution in [0.2, 0.25) is 0 Å². The van der Waals surface area contributed by atoms with Gasteiger partial charge in [0, 0.05) is 12.3 Å². The van der Waals surface area contributed by atoms with Crippen molar-refractivity contribution < 1.29 is 28.7 Å². The molecule has 3 aromatic rings. The number of nitrogens with one attached hydrogen (secondary N) is 3. The molecule has 3 fully saturated rings. The molecule has 13 nitrogen and oxygen atoms in total. The molecule has 3 N–H and O–H groups in total. The first-order valence-electron chi connectivity index (χ1n) is 16.5. The average molecular weight is 686 g/mol. The molecular formula is C35H39N7O6S. The number of carbonyl (C=O) groups is 4. The van der Waals surface area contributed by atoms with E-state index in [9.17, 15) is 19.2 Å². The lowest BCUT2D eigenvalue weighted by atomic mass is 10.0. The van der Waals surface area contributed by atoms with E-state index in [1.165, 1.54) is 16.2 Å². The Kier molecular flexibility index (Phi) is 9.82. The van der Waals surface area contributed by atoms with Crippen LogP contribution in [0.5, 0.6) is 5.88 Å². The number of carbonyl (C=O) groups excluding carboxylic acids is 4. The van der Waals surface area contributed by atoms with E-state index >= 15 is 0 Å². The largest absolute Gasteiger partial charge is 0.471 e. The summed E-state index contributed by atoms with van der Waals surface area (Å²) in [5, 5.41) is 18.7. The standard InChI is InChI=1S/C35H39N7O6S/c1-4-21-17-35(21,33(45)37-19-36)41-30(43)26-16-23(18-42(26)32(44)28(20(2)3)40-34(46)48-22-10-5-6-11-22)47-31-29(27-14-9-15-49-27)38-24-12-7-8-13-25(24)39-31/h4,7-9,12-15,20-23,26,28H,1,5-6,10-11,16-18H2,2-3H3,(H,37,45)(H,40,46)(H,41,43)/t21?,23-,26+,28-,35-/m1/s1. The van der Waals surface area contributed by atoms with Crippen LogP contribution in [-0.2, 0) is 19.1 Å². The summed E-state index contributed by atoms with van der Waals surface area (Å²) in [6, 6.07) is 9.18. The van der Waals surface area contributed by atoms with Gasteiger partial charge in [-0.25, -0.2) is 14.8 Å². The Labute approximate surface area is 288 Å². The summed E-state index contributed by atoms with van der Waals surface area (Å²) in [5.74, 6) is -2.20. The van der Waals surface area contributed by atoms with Gasteiger partial charge in [0.25, 0.3) is 5.91 Å². The first-order valence-corrected chi connectivity index (χ1v) is 17.4. The SMILES string of the molecule is C=CC1C[C@]1(NC(=O)[C@@H]1C[C@@H](Oc2nc3ccccc3nc2-c2cccs2)CN1C(=O)[C@H](NC(=O)OC1CCCC1)C(C)C)C(=O)NC#N. The van der Waals surface area contributed by atoms with Gasteiger partial charge in [-0.15, -0.1) is 17.9 Å². The number of rotatable bonds is 11. The molecular weight excluding hydrogens is 646 g/mol. The predicted molar refractivity (Wildman–Crippen MR) is 181 cm³/mol. The first kappa shape index (κ1) is 33.9. The smallest absolute Gasteiger partial charge is 0.408 e. The van der Waals surface area contributed by atoms with Gasteiger partial charge < -0.3 is 25.0 Å². The Morgan fingerprint density at radius 3 is 2.47 bits per heavy atom. The number of ether oxygens (including phenoxy) is 2. The molecule has 2 aromatic heterocycles. The molecule has 2 saturated carbocycles. The van der Waals surface area contributed by atoms with Crippen LogP contribution in [-0.4, -0.2) is 75.1 Å². The third-order valence-electron chi connectivity index (χ3n) is 9.42. The second-order valence-electron chi connectivity index (χ2n) is 13.1. The van der Waals surface area contributed by atoms with Crippen molar-refractivity contribution in [3.63, 3.8) is 0 Å². The lowest BCUT2D eigenvalue weighted by Crippen LogP contribution is -2.58. The highest BCUT2D eigenvalue weighted by Gasteiger charge is 2.61. The maximum atomic E-state index is 14.3. The minimum absolute atomic E-state index is 0.000158. The Hall–Kier alpha value is -5.03. The Morgan fingerprint density at radius 1 is 1.10 bits per heavy atom. The number of nitrogens with zero attached hydrogens (tertiary/aromatic N) is 4. The van der Waals surface area contributed by atoms with Crippen LogP contribution >= 0.6 is 11.3 Å². The van der Waals surface area contributed by atoms with Crippen molar-refractivity contribution in [3.8, 4) is 22.6 Å². The minimum atomic E-state index is -1.36. The van der Waals surface area contributed by atoms with Gasteiger partial charge in [-0.1, -0.05) is 38.1 Å². The summed E-state index contributed by atoms with van der Waals surface area (Å²) in [6.07, 6.45) is 5.46. The molecule has 0 bridgehead atoms. The molecule has 3 heterocycles. The number of alkyl carbamates (subject to hydrolysis) is 1. The number of hydrogen-bond acceptors (Lipinski definition) is 10. The van der Waals surface area contributed by atoms with Gasteiger partial charge in [-0.05, 0) is 61.6 Å². The van der Waals surface area contributed by atoms with Crippen molar-refractivity contribution in [2.24, 2.45) is 11.8 Å². The number of amides is 4. The second-order valence-corrected chi connectivity index (χ2v) is 14.0. The lowest BCUT2D eigenvalue weighted by Gasteiger charge is -2.31. The molecule has 2 aliphatic carbocycles. The molecule has 1 aliphatic heterocycles. The summed E-state index contributed by atoms with van der Waals surface area (Å²) in [7, 11) is 0. The topological polar surface area (TPSA) is 176 Å². The normalized spacial score (nSPS) is 23.8. The molecule has 1 aromatic carbocycles. The van der Waals surface area contributed by atoms with Crippen molar-refractivity contribution in [3.05, 3.63) is 54.4 Å². The number of likely N-dealkylation sites (tertiary alicyclic amines) is 1. The van der Waals surface area contributed by atoms with Crippen LogP contribution in [0.3, 0.4) is 0 Å². The number of para-hydroxylation sites is 2. The molecule has 1 unspecified atom stereocenters. The zero-order valence-corrected chi connectivity index (χ0v) is 28.2. The molecule has 1 saturated heterocycles. The average Bonchev–Trinajstić information content (AvgIpc) is 3.57. The van der Waals surface area contributed by atoms with Crippen LogP contribution in [0, 0.1) is 23.3 Å². The zero-order chi connectivity index (χ0) is 34.7. The fourth-order valence-electron chi connectivity index (χ4n) is 6.68. The highest BCUT2D eigenvalue weighted by atomic mass is 32.1. The van der Waals surface area contributed by atoms with Crippen LogP contribution in [0.15, 0.2) is 54.4 Å². The van der Waals surface area contributed by atoms with Crippen LogP contribution in [0.4, 0.5) is 4.79 Å². The van der Waals surface area contributed by atoms with E-state index in [0.717, 1.165) is 30.6 Å². The second kappa shape index (κ2) is 14.2. The fraction of sp³-hybridized carbons (Fsp3) is 0.457. The van der Waals surface area contributed by atoms with Crippen molar-refractivity contribution in [2.45, 2.75) is 82.2 Å². The summed E-state index contributed by atoms with van der Waals surface area (Å²) in [5.41, 5.74) is 0.489. The van der Waals surface area contributed by atoms with E-state index in [0.29, 0.717) is 16.7 Å². The van der Waals surface area contributed by atoms with Gasteiger partial charge in [0.05, 0.1) is 22.5 Å². The van der Waals surface area contributed by atoms with E-state index in [-0.39, 0.29) is 43.2 Å². The summed E-state index contributed by atoms with van der Waals surface area (Å²) in [4.78, 5) is 66.0. The number of benzene rings is 1. The van der Waals surface area contributed by atoms with E-state index in [2.05, 4.69) is 22.5 Å². The predicted octanol–water partition coefficient (Wildman–Crippen LogP) is 4.06. The highest BCUT2D eigenvalue weighted by molar-refractivity contribution is 7.13. The highest BCUT2D eigenvalue weighted by Crippen LogP contribution is 2.45. The zero-order valence-electron chi connectivity index (χ0n) is 27.4. The van der Waals surface area contributed by atoms with Crippen molar-refractivity contribution in [1.82, 2.24) is 30.8 Å². The van der Waals surface area contributed by atoms with E-state index in [1.807, 2.05) is 41.8 Å². The molecule has 5 atom stereocenters. The molecule has 0 spiro atoms. The number of thiophene rings is 1. The number of aromatic nitrogens is 2. The van der Waals surface area contributed by atoms with Crippen LogP contribution in [0.25, 0.3) is 21.6 Å². The summed E-state index contributed by atoms with van der Waals surface area (Å²) < 4.78 is 12.1. The van der Waals surface area contributed by atoms with Crippen molar-refractivity contribution in [1.29, 1.82) is 5.26 Å². The quantitative estimate of drug-likeness (QED) is 0.153. The van der Waals surface area contributed by atoms with E-state index in [1.54, 1.807) is 26.1 Å². The molecule has 49 heavy (non-hydrogen) atoms. The van der Waals surface area contributed by atoms with Crippen molar-refractivity contribution in [2.75, 3.05) is 6.54 Å². The Bertz CT molecular complexity index is 1790. The van der Waals surface area contributed by atoms with Crippen LogP contribution in [0.1, 0.15) is 52.4 Å². The third-order valence-corrected chi connectivity index (χ3v) is 10.3. The van der Waals surface area contributed by atoms with Crippen molar-refractivity contribution >= 4 is 46.2 Å². The van der Waals surface area contributed by atoms with E-state index in [4.69, 9.17) is 24.7 Å². The number of hydrogen-bond donors (Lipinski definition) is 3. The van der Waals surface area contributed by atoms with Gasteiger partial charge in [-0.2, -0.15) is 5.26 Å². The molecule has 256 valence electrons. The summed E-state index contributed by atoms with van der Waals surface area (Å²) in [6.45, 7) is 7.36. The molecule has 14 heteroatoms. The van der Waals surface area contributed by atoms with Gasteiger partial charge in [0.1, 0.15) is 35.5 Å². The minimum Gasteiger partial charge on any atom is -0.471 e. The van der Waals surface area contributed by atoms with Gasteiger partial charge in [0.15, 0.2) is 6.19 Å². The van der Waals surface area contributed by atoms with Gasteiger partial charge >= 0.3 is 6.09 Å². The maximum absolute atomic E-state index is 14.3. The molecule has 3 aliphatic rings. The van der Waals surface area contributed by atoms with Gasteiger partial charge in [0.2, 0.25) is 17.7 Å². The molecule has 4 amide bonds. The third kappa shape index (κ3) is 7.07. The van der Waals surface area contributed by atoms with E-state index < -0.39 is 47.5 Å².